The fraction of sp³-hybridized carbons (Fsp3) is 0.471. The van der Waals surface area contributed by atoms with Gasteiger partial charge < -0.3 is 11.1 Å². The van der Waals surface area contributed by atoms with E-state index in [9.17, 15) is 9.18 Å². The van der Waals surface area contributed by atoms with Crippen molar-refractivity contribution in [1.29, 1.82) is 0 Å². The minimum absolute atomic E-state index is 0.140. The Balaban J connectivity index is 2.01. The molecule has 0 saturated heterocycles. The van der Waals surface area contributed by atoms with Crippen LogP contribution >= 0.6 is 0 Å². The summed E-state index contributed by atoms with van der Waals surface area (Å²) < 4.78 is 12.8. The molecule has 0 bridgehead atoms. The Morgan fingerprint density at radius 2 is 2.14 bits per heavy atom. The molecule has 4 heteroatoms. The summed E-state index contributed by atoms with van der Waals surface area (Å²) in [7, 11) is 0. The zero-order chi connectivity index (χ0) is 15.3. The fourth-order valence-electron chi connectivity index (χ4n) is 2.99. The van der Waals surface area contributed by atoms with Gasteiger partial charge in [0.25, 0.3) is 0 Å². The molecule has 0 aromatic heterocycles. The van der Waals surface area contributed by atoms with E-state index in [1.807, 2.05) is 0 Å². The van der Waals surface area contributed by atoms with Crippen molar-refractivity contribution < 1.29 is 9.18 Å². The Kier molecular flexibility index (Phi) is 5.12. The second-order valence-corrected chi connectivity index (χ2v) is 5.88. The zero-order valence-corrected chi connectivity index (χ0v) is 12.4. The number of benzene rings is 1. The third-order valence-corrected chi connectivity index (χ3v) is 4.49. The van der Waals surface area contributed by atoms with Crippen LogP contribution in [0.1, 0.15) is 38.2 Å². The summed E-state index contributed by atoms with van der Waals surface area (Å²) in [5, 5.41) is 3.09. The minimum atomic E-state index is -0.289. The topological polar surface area (TPSA) is 55.1 Å². The molecule has 2 unspecified atom stereocenters. The molecule has 1 amide bonds. The molecule has 1 fully saturated rings. The molecule has 3 N–H and O–H groups in total. The summed E-state index contributed by atoms with van der Waals surface area (Å²) >= 11 is 0. The minimum Gasteiger partial charge on any atom is -0.346 e. The molecule has 1 saturated carbocycles. The lowest BCUT2D eigenvalue weighted by molar-refractivity contribution is -0.119. The van der Waals surface area contributed by atoms with Crippen molar-refractivity contribution in [1.82, 2.24) is 5.32 Å². The van der Waals surface area contributed by atoms with E-state index in [0.29, 0.717) is 12.5 Å². The maximum atomic E-state index is 12.8. The first-order valence-corrected chi connectivity index (χ1v) is 7.51. The first-order valence-electron chi connectivity index (χ1n) is 7.51. The zero-order valence-electron chi connectivity index (χ0n) is 12.4. The molecule has 0 aliphatic heterocycles. The average Bonchev–Trinajstić information content (AvgIpc) is 2.49. The summed E-state index contributed by atoms with van der Waals surface area (Å²) in [5.74, 6) is -0.0346. The van der Waals surface area contributed by atoms with E-state index in [0.717, 1.165) is 24.8 Å². The smallest absolute Gasteiger partial charge is 0.244 e. The third kappa shape index (κ3) is 3.91. The highest BCUT2D eigenvalue weighted by Crippen LogP contribution is 2.32. The molecule has 0 heterocycles. The Bertz CT molecular complexity index is 512. The molecular formula is C17H23FN2O. The molecule has 3 nitrogen and oxygen atoms in total. The van der Waals surface area contributed by atoms with Gasteiger partial charge >= 0.3 is 0 Å². The molecular weight excluding hydrogens is 267 g/mol. The number of halogens is 1. The van der Waals surface area contributed by atoms with Crippen LogP contribution in [0.5, 0.6) is 0 Å². The lowest BCUT2D eigenvalue weighted by Crippen LogP contribution is -2.58. The summed E-state index contributed by atoms with van der Waals surface area (Å²) in [6, 6.07) is 6.03. The molecule has 0 spiro atoms. The van der Waals surface area contributed by atoms with E-state index >= 15 is 0 Å². The van der Waals surface area contributed by atoms with Gasteiger partial charge in [-0.15, -0.1) is 0 Å². The van der Waals surface area contributed by atoms with Crippen molar-refractivity contribution in [2.24, 2.45) is 11.7 Å². The van der Waals surface area contributed by atoms with Crippen LogP contribution in [0.4, 0.5) is 4.39 Å². The number of carbonyl (C=O) groups excluding carboxylic acids is 1. The number of carbonyl (C=O) groups is 1. The maximum absolute atomic E-state index is 12.8. The summed E-state index contributed by atoms with van der Waals surface area (Å²) in [6.45, 7) is 2.61. The Hall–Kier alpha value is -1.68. The van der Waals surface area contributed by atoms with Gasteiger partial charge in [0.1, 0.15) is 5.82 Å². The van der Waals surface area contributed by atoms with Crippen molar-refractivity contribution in [3.63, 3.8) is 0 Å². The van der Waals surface area contributed by atoms with Gasteiger partial charge in [-0.2, -0.15) is 0 Å². The van der Waals surface area contributed by atoms with Gasteiger partial charge in [0.2, 0.25) is 5.91 Å². The highest BCUT2D eigenvalue weighted by Gasteiger charge is 2.37. The van der Waals surface area contributed by atoms with Gasteiger partial charge in [-0.1, -0.05) is 31.9 Å². The molecule has 2 atom stereocenters. The number of nitrogens with two attached hydrogens (primary N) is 1. The number of amides is 1. The Morgan fingerprint density at radius 1 is 1.43 bits per heavy atom. The van der Waals surface area contributed by atoms with Gasteiger partial charge in [0, 0.05) is 12.6 Å². The quantitative estimate of drug-likeness (QED) is 0.838. The highest BCUT2D eigenvalue weighted by atomic mass is 19.1. The van der Waals surface area contributed by atoms with E-state index in [-0.39, 0.29) is 17.3 Å². The number of hydrogen-bond donors (Lipinski definition) is 2. The van der Waals surface area contributed by atoms with Crippen LogP contribution in [0.25, 0.3) is 6.08 Å². The first kappa shape index (κ1) is 15.7. The van der Waals surface area contributed by atoms with Crippen LogP contribution in [-0.2, 0) is 4.79 Å². The van der Waals surface area contributed by atoms with Gasteiger partial charge in [0.05, 0.1) is 5.54 Å². The van der Waals surface area contributed by atoms with E-state index in [2.05, 4.69) is 12.2 Å². The first-order chi connectivity index (χ1) is 10.1. The van der Waals surface area contributed by atoms with Crippen LogP contribution in [0.2, 0.25) is 0 Å². The number of nitrogens with one attached hydrogen (secondary N) is 1. The van der Waals surface area contributed by atoms with Crippen molar-refractivity contribution in [3.05, 3.63) is 41.7 Å². The number of rotatable bonds is 4. The molecule has 1 aliphatic carbocycles. The van der Waals surface area contributed by atoms with E-state index in [4.69, 9.17) is 5.73 Å². The summed E-state index contributed by atoms with van der Waals surface area (Å²) in [5.41, 5.74) is 6.43. The molecule has 2 rings (SSSR count). The highest BCUT2D eigenvalue weighted by molar-refractivity contribution is 5.92. The number of hydrogen-bond acceptors (Lipinski definition) is 2. The van der Waals surface area contributed by atoms with Crippen LogP contribution in [-0.4, -0.2) is 18.0 Å². The van der Waals surface area contributed by atoms with Gasteiger partial charge in [0.15, 0.2) is 0 Å². The second-order valence-electron chi connectivity index (χ2n) is 5.88. The molecule has 1 aromatic rings. The van der Waals surface area contributed by atoms with Crippen LogP contribution in [0.3, 0.4) is 0 Å². The van der Waals surface area contributed by atoms with Crippen molar-refractivity contribution in [2.75, 3.05) is 6.54 Å². The lowest BCUT2D eigenvalue weighted by atomic mass is 9.73. The maximum Gasteiger partial charge on any atom is 0.244 e. The monoisotopic (exact) mass is 290 g/mol. The third-order valence-electron chi connectivity index (χ3n) is 4.49. The van der Waals surface area contributed by atoms with Gasteiger partial charge in [-0.25, -0.2) is 4.39 Å². The van der Waals surface area contributed by atoms with Crippen LogP contribution < -0.4 is 11.1 Å². The van der Waals surface area contributed by atoms with Crippen LogP contribution in [0, 0.1) is 11.7 Å². The lowest BCUT2D eigenvalue weighted by Gasteiger charge is -2.42. The predicted octanol–water partition coefficient (Wildman–Crippen LogP) is 2.86. The average molecular weight is 290 g/mol. The molecule has 21 heavy (non-hydrogen) atoms. The second kappa shape index (κ2) is 6.85. The van der Waals surface area contributed by atoms with E-state index in [1.54, 1.807) is 18.2 Å². The standard InChI is InChI=1S/C17H23FN2O/c1-13-4-2-3-11-17(13,12-19)20-16(21)10-7-14-5-8-15(18)9-6-14/h5-10,13H,2-4,11-12,19H2,1H3,(H,20,21)/b10-7+. The molecule has 1 aromatic carbocycles. The van der Waals surface area contributed by atoms with Crippen LogP contribution in [0.15, 0.2) is 30.3 Å². The summed E-state index contributed by atoms with van der Waals surface area (Å²) in [4.78, 5) is 12.1. The molecule has 1 aliphatic rings. The fourth-order valence-corrected chi connectivity index (χ4v) is 2.99. The molecule has 0 radical (unpaired) electrons. The van der Waals surface area contributed by atoms with E-state index in [1.165, 1.54) is 24.6 Å². The Morgan fingerprint density at radius 3 is 2.76 bits per heavy atom. The van der Waals surface area contributed by atoms with Crippen molar-refractivity contribution in [3.8, 4) is 0 Å². The molecule has 114 valence electrons. The van der Waals surface area contributed by atoms with Gasteiger partial charge in [-0.05, 0) is 42.5 Å². The SMILES string of the molecule is CC1CCCCC1(CN)NC(=O)/C=C/c1ccc(F)cc1. The van der Waals surface area contributed by atoms with E-state index < -0.39 is 0 Å². The largest absolute Gasteiger partial charge is 0.346 e. The predicted molar refractivity (Wildman–Crippen MR) is 83.0 cm³/mol. The normalized spacial score (nSPS) is 26.0. The Labute approximate surface area is 125 Å². The summed E-state index contributed by atoms with van der Waals surface area (Å²) in [6.07, 6.45) is 7.51. The van der Waals surface area contributed by atoms with Gasteiger partial charge in [-0.3, -0.25) is 4.79 Å². The van der Waals surface area contributed by atoms with Crippen molar-refractivity contribution in [2.45, 2.75) is 38.1 Å². The van der Waals surface area contributed by atoms with Crippen molar-refractivity contribution >= 4 is 12.0 Å².